The summed E-state index contributed by atoms with van der Waals surface area (Å²) in [5.41, 5.74) is 2.24. The second-order valence-electron chi connectivity index (χ2n) is 7.18. The topological polar surface area (TPSA) is 60.9 Å². The fraction of sp³-hybridized carbons (Fsp3) is 0.476. The van der Waals surface area contributed by atoms with Crippen LogP contribution in [0.1, 0.15) is 50.5 Å². The maximum atomic E-state index is 12.7. The average molecular weight is 419 g/mol. The Bertz CT molecular complexity index is 755. The lowest BCUT2D eigenvalue weighted by Crippen LogP contribution is -2.29. The van der Waals surface area contributed by atoms with Crippen LogP contribution >= 0.6 is 24.0 Å². The molecule has 1 amide bonds. The number of hydrogen-bond donors (Lipinski definition) is 1. The third kappa shape index (κ3) is 5.58. The first kappa shape index (κ1) is 20.9. The molecule has 2 aliphatic heterocycles. The van der Waals surface area contributed by atoms with Crippen molar-refractivity contribution in [3.63, 3.8) is 0 Å². The number of amides is 1. The molecule has 0 aromatic heterocycles. The Labute approximate surface area is 175 Å². The minimum absolute atomic E-state index is 0.0478. The van der Waals surface area contributed by atoms with Gasteiger partial charge in [0.25, 0.3) is 5.91 Å². The zero-order valence-corrected chi connectivity index (χ0v) is 17.6. The summed E-state index contributed by atoms with van der Waals surface area (Å²) < 4.78 is 0.583. The molecule has 2 fully saturated rings. The zero-order valence-electron chi connectivity index (χ0n) is 15.9. The predicted octanol–water partition coefficient (Wildman–Crippen LogP) is 4.52. The number of thiocarbonyl (C=S) groups is 1. The Kier molecular flexibility index (Phi) is 7.50. The molecule has 150 valence electrons. The summed E-state index contributed by atoms with van der Waals surface area (Å²) >= 11 is 6.70. The third-order valence-electron chi connectivity index (χ3n) is 5.06. The molecule has 3 rings (SSSR count). The summed E-state index contributed by atoms with van der Waals surface area (Å²) in [5, 5.41) is 8.68. The van der Waals surface area contributed by atoms with Crippen molar-refractivity contribution in [3.05, 3.63) is 34.7 Å². The van der Waals surface area contributed by atoms with Crippen LogP contribution in [0.15, 0.2) is 29.2 Å². The molecular formula is C21H26N2O3S2. The Morgan fingerprint density at radius 3 is 2.50 bits per heavy atom. The van der Waals surface area contributed by atoms with E-state index in [2.05, 4.69) is 29.2 Å². The summed E-state index contributed by atoms with van der Waals surface area (Å²) in [5.74, 6) is -0.826. The molecule has 0 aliphatic carbocycles. The number of benzene rings is 1. The van der Waals surface area contributed by atoms with Gasteiger partial charge < -0.3 is 10.0 Å². The highest BCUT2D eigenvalue weighted by atomic mass is 32.2. The smallest absolute Gasteiger partial charge is 0.303 e. The molecule has 2 heterocycles. The third-order valence-corrected chi connectivity index (χ3v) is 6.44. The molecule has 1 aromatic carbocycles. The van der Waals surface area contributed by atoms with Gasteiger partial charge in [-0.3, -0.25) is 14.5 Å². The molecule has 0 saturated carbocycles. The largest absolute Gasteiger partial charge is 0.481 e. The molecule has 1 aromatic rings. The summed E-state index contributed by atoms with van der Waals surface area (Å²) in [6.45, 7) is 2.78. The molecule has 0 atom stereocenters. The van der Waals surface area contributed by atoms with Crippen LogP contribution in [0.2, 0.25) is 0 Å². The van der Waals surface area contributed by atoms with Crippen LogP contribution in [0, 0.1) is 0 Å². The Hall–Kier alpha value is -1.86. The number of carboxylic acid groups (broad SMARTS) is 1. The van der Waals surface area contributed by atoms with Gasteiger partial charge in [-0.2, -0.15) is 0 Å². The highest BCUT2D eigenvalue weighted by Gasteiger charge is 2.31. The SMILES string of the molecule is O=C(O)CCCCCN1C(=O)/C(=C\c2ccc(N3CCCCC3)cc2)SC1=S. The number of anilines is 1. The number of piperidine rings is 1. The molecular weight excluding hydrogens is 392 g/mol. The van der Waals surface area contributed by atoms with Crippen LogP contribution in [0.4, 0.5) is 5.69 Å². The van der Waals surface area contributed by atoms with Crippen molar-refractivity contribution >= 4 is 51.9 Å². The lowest BCUT2D eigenvalue weighted by atomic mass is 10.1. The molecule has 28 heavy (non-hydrogen) atoms. The van der Waals surface area contributed by atoms with Gasteiger partial charge in [0.2, 0.25) is 0 Å². The van der Waals surface area contributed by atoms with Crippen molar-refractivity contribution in [2.45, 2.75) is 44.9 Å². The molecule has 5 nitrogen and oxygen atoms in total. The van der Waals surface area contributed by atoms with Gasteiger partial charge in [0.15, 0.2) is 0 Å². The van der Waals surface area contributed by atoms with Crippen molar-refractivity contribution in [2.75, 3.05) is 24.5 Å². The minimum Gasteiger partial charge on any atom is -0.481 e. The van der Waals surface area contributed by atoms with Gasteiger partial charge in [-0.25, -0.2) is 0 Å². The van der Waals surface area contributed by atoms with Crippen molar-refractivity contribution < 1.29 is 14.7 Å². The fourth-order valence-electron chi connectivity index (χ4n) is 3.50. The zero-order chi connectivity index (χ0) is 19.9. The summed E-state index contributed by atoms with van der Waals surface area (Å²) in [7, 11) is 0. The molecule has 0 bridgehead atoms. The quantitative estimate of drug-likeness (QED) is 0.380. The van der Waals surface area contributed by atoms with Gasteiger partial charge in [0.05, 0.1) is 4.91 Å². The molecule has 7 heteroatoms. The van der Waals surface area contributed by atoms with Crippen molar-refractivity contribution in [1.82, 2.24) is 4.90 Å². The van der Waals surface area contributed by atoms with E-state index in [9.17, 15) is 9.59 Å². The normalized spacial score (nSPS) is 18.9. The van der Waals surface area contributed by atoms with Crippen molar-refractivity contribution in [1.29, 1.82) is 0 Å². The van der Waals surface area contributed by atoms with E-state index in [4.69, 9.17) is 17.3 Å². The lowest BCUT2D eigenvalue weighted by molar-refractivity contribution is -0.137. The molecule has 0 radical (unpaired) electrons. The number of thioether (sulfide) groups is 1. The van der Waals surface area contributed by atoms with Crippen LogP contribution in [0.5, 0.6) is 0 Å². The molecule has 2 saturated heterocycles. The van der Waals surface area contributed by atoms with Gasteiger partial charge in [-0.05, 0) is 55.9 Å². The first-order chi connectivity index (χ1) is 13.5. The summed E-state index contributed by atoms with van der Waals surface area (Å²) in [6.07, 6.45) is 8.06. The number of carbonyl (C=O) groups is 2. The first-order valence-electron chi connectivity index (χ1n) is 9.87. The Balaban J connectivity index is 1.56. The van der Waals surface area contributed by atoms with E-state index in [0.29, 0.717) is 22.2 Å². The average Bonchev–Trinajstić information content (AvgIpc) is 2.96. The van der Waals surface area contributed by atoms with Gasteiger partial charge in [-0.1, -0.05) is 42.5 Å². The fourth-order valence-corrected chi connectivity index (χ4v) is 4.81. The van der Waals surface area contributed by atoms with Crippen molar-refractivity contribution in [3.8, 4) is 0 Å². The Morgan fingerprint density at radius 2 is 1.82 bits per heavy atom. The second-order valence-corrected chi connectivity index (χ2v) is 8.85. The summed E-state index contributed by atoms with van der Waals surface area (Å²) in [6, 6.07) is 8.37. The van der Waals surface area contributed by atoms with Crippen LogP contribution in [-0.4, -0.2) is 45.8 Å². The van der Waals surface area contributed by atoms with Crippen LogP contribution in [0.25, 0.3) is 6.08 Å². The van der Waals surface area contributed by atoms with Crippen LogP contribution in [0.3, 0.4) is 0 Å². The van der Waals surface area contributed by atoms with Crippen LogP contribution < -0.4 is 4.90 Å². The number of aliphatic carboxylic acids is 1. The number of carboxylic acids is 1. The van der Waals surface area contributed by atoms with Gasteiger partial charge in [0, 0.05) is 31.7 Å². The molecule has 2 aliphatic rings. The highest BCUT2D eigenvalue weighted by Crippen LogP contribution is 2.33. The first-order valence-corrected chi connectivity index (χ1v) is 11.1. The maximum Gasteiger partial charge on any atom is 0.303 e. The number of unbranched alkanes of at least 4 members (excludes halogenated alkanes) is 2. The van der Waals surface area contributed by atoms with E-state index in [1.54, 1.807) is 4.90 Å². The number of rotatable bonds is 8. The highest BCUT2D eigenvalue weighted by molar-refractivity contribution is 8.26. The predicted molar refractivity (Wildman–Crippen MR) is 118 cm³/mol. The van der Waals surface area contributed by atoms with E-state index in [-0.39, 0.29) is 12.3 Å². The standard InChI is InChI=1S/C21H26N2O3S2/c24-19(25)7-3-1-6-14-23-20(26)18(28-21(23)27)15-16-8-10-17(11-9-16)22-12-4-2-5-13-22/h8-11,15H,1-7,12-14H2,(H,24,25)/b18-15+. The van der Waals surface area contributed by atoms with Gasteiger partial charge in [0.1, 0.15) is 4.32 Å². The summed E-state index contributed by atoms with van der Waals surface area (Å²) in [4.78, 5) is 27.9. The minimum atomic E-state index is -0.778. The van der Waals surface area contributed by atoms with Crippen LogP contribution in [-0.2, 0) is 9.59 Å². The van der Waals surface area contributed by atoms with E-state index >= 15 is 0 Å². The monoisotopic (exact) mass is 418 g/mol. The lowest BCUT2D eigenvalue weighted by Gasteiger charge is -2.28. The van der Waals surface area contributed by atoms with E-state index in [1.807, 2.05) is 6.08 Å². The van der Waals surface area contributed by atoms with Gasteiger partial charge >= 0.3 is 5.97 Å². The molecule has 0 spiro atoms. The van der Waals surface area contributed by atoms with Gasteiger partial charge in [-0.15, -0.1) is 0 Å². The number of hydrogen-bond acceptors (Lipinski definition) is 5. The second kappa shape index (κ2) is 10.1. The maximum absolute atomic E-state index is 12.7. The molecule has 1 N–H and O–H groups in total. The number of nitrogens with zero attached hydrogens (tertiary/aromatic N) is 2. The number of carbonyl (C=O) groups excluding carboxylic acids is 1. The van der Waals surface area contributed by atoms with E-state index in [0.717, 1.165) is 31.5 Å². The van der Waals surface area contributed by atoms with E-state index in [1.165, 1.54) is 36.7 Å². The van der Waals surface area contributed by atoms with Crippen molar-refractivity contribution in [2.24, 2.45) is 0 Å². The Morgan fingerprint density at radius 1 is 1.11 bits per heavy atom. The molecule has 0 unspecified atom stereocenters. The van der Waals surface area contributed by atoms with E-state index < -0.39 is 5.97 Å².